The van der Waals surface area contributed by atoms with Gasteiger partial charge < -0.3 is 26.4 Å². The maximum absolute atomic E-state index is 11.7. The van der Waals surface area contributed by atoms with E-state index >= 15 is 0 Å². The van der Waals surface area contributed by atoms with Crippen LogP contribution >= 0.6 is 0 Å². The van der Waals surface area contributed by atoms with Gasteiger partial charge in [0.05, 0.1) is 12.6 Å². The standard InChI is InChI=1S/C13H22N4O5/c1-7(11(19)17-8(2)13(21)22)16-10(18)6-15-12(20)9-4-3-5-14-9/h7-9,14H,3-6H2,1-2H3,(H,15,20)(H,16,18)(H,17,19)(H,21,22). The Morgan fingerprint density at radius 3 is 2.41 bits per heavy atom. The molecule has 0 bridgehead atoms. The Morgan fingerprint density at radius 2 is 1.86 bits per heavy atom. The highest BCUT2D eigenvalue weighted by Crippen LogP contribution is 2.03. The summed E-state index contributed by atoms with van der Waals surface area (Å²) < 4.78 is 0. The average molecular weight is 314 g/mol. The molecule has 9 heteroatoms. The summed E-state index contributed by atoms with van der Waals surface area (Å²) in [5, 5.41) is 18.8. The number of carbonyl (C=O) groups is 4. The van der Waals surface area contributed by atoms with Crippen LogP contribution in [0.25, 0.3) is 0 Å². The van der Waals surface area contributed by atoms with Crippen LogP contribution in [0.5, 0.6) is 0 Å². The lowest BCUT2D eigenvalue weighted by molar-refractivity contribution is -0.141. The zero-order valence-electron chi connectivity index (χ0n) is 12.6. The lowest BCUT2D eigenvalue weighted by Crippen LogP contribution is -2.52. The molecule has 1 aliphatic rings. The van der Waals surface area contributed by atoms with Crippen molar-refractivity contribution in [2.75, 3.05) is 13.1 Å². The second kappa shape index (κ2) is 8.32. The summed E-state index contributed by atoms with van der Waals surface area (Å²) in [6, 6.07) is -2.21. The highest BCUT2D eigenvalue weighted by atomic mass is 16.4. The number of carboxylic acid groups (broad SMARTS) is 1. The van der Waals surface area contributed by atoms with E-state index in [1.807, 2.05) is 0 Å². The number of nitrogens with one attached hydrogen (secondary N) is 4. The summed E-state index contributed by atoms with van der Waals surface area (Å²) >= 11 is 0. The van der Waals surface area contributed by atoms with Crippen molar-refractivity contribution in [2.24, 2.45) is 0 Å². The Kier molecular flexibility index (Phi) is 6.77. The number of hydrogen-bond donors (Lipinski definition) is 5. The molecule has 0 aromatic rings. The molecular weight excluding hydrogens is 292 g/mol. The molecule has 3 atom stereocenters. The first-order chi connectivity index (χ1) is 10.3. The molecule has 0 aliphatic carbocycles. The lowest BCUT2D eigenvalue weighted by atomic mass is 10.2. The predicted molar refractivity (Wildman–Crippen MR) is 76.9 cm³/mol. The van der Waals surface area contributed by atoms with Crippen molar-refractivity contribution in [1.82, 2.24) is 21.3 Å². The van der Waals surface area contributed by atoms with Crippen LogP contribution in [0.2, 0.25) is 0 Å². The second-order valence-corrected chi connectivity index (χ2v) is 5.22. The van der Waals surface area contributed by atoms with E-state index in [-0.39, 0.29) is 18.5 Å². The zero-order valence-corrected chi connectivity index (χ0v) is 12.6. The molecule has 1 fully saturated rings. The molecule has 3 unspecified atom stereocenters. The van der Waals surface area contributed by atoms with Crippen LogP contribution in [0.3, 0.4) is 0 Å². The Balaban J connectivity index is 2.29. The minimum Gasteiger partial charge on any atom is -0.480 e. The SMILES string of the molecule is CC(NC(=O)C(C)NC(=O)CNC(=O)C1CCCN1)C(=O)O. The van der Waals surface area contributed by atoms with Crippen molar-refractivity contribution in [3.8, 4) is 0 Å². The van der Waals surface area contributed by atoms with Gasteiger partial charge in [-0.15, -0.1) is 0 Å². The first-order valence-electron chi connectivity index (χ1n) is 7.15. The minimum absolute atomic E-state index is 0.233. The van der Waals surface area contributed by atoms with E-state index in [1.165, 1.54) is 13.8 Å². The van der Waals surface area contributed by atoms with Crippen LogP contribution in [0.4, 0.5) is 0 Å². The number of carbonyl (C=O) groups excluding carboxylic acids is 3. The van der Waals surface area contributed by atoms with E-state index in [9.17, 15) is 19.2 Å². The molecule has 1 heterocycles. The summed E-state index contributed by atoms with van der Waals surface area (Å²) in [5.41, 5.74) is 0. The van der Waals surface area contributed by atoms with Gasteiger partial charge in [-0.3, -0.25) is 19.2 Å². The molecule has 0 aromatic carbocycles. The van der Waals surface area contributed by atoms with Crippen LogP contribution in [-0.2, 0) is 19.2 Å². The van der Waals surface area contributed by atoms with E-state index in [0.717, 1.165) is 19.4 Å². The molecule has 9 nitrogen and oxygen atoms in total. The van der Waals surface area contributed by atoms with Crippen LogP contribution in [0.1, 0.15) is 26.7 Å². The van der Waals surface area contributed by atoms with Crippen LogP contribution < -0.4 is 21.3 Å². The molecule has 0 aromatic heterocycles. The summed E-state index contributed by atoms with van der Waals surface area (Å²) in [6.45, 7) is 3.30. The molecule has 124 valence electrons. The van der Waals surface area contributed by atoms with Gasteiger partial charge in [0.1, 0.15) is 12.1 Å². The maximum atomic E-state index is 11.7. The quantitative estimate of drug-likeness (QED) is 0.367. The fourth-order valence-corrected chi connectivity index (χ4v) is 1.96. The lowest BCUT2D eigenvalue weighted by Gasteiger charge is -2.17. The highest BCUT2D eigenvalue weighted by molar-refractivity contribution is 5.92. The summed E-state index contributed by atoms with van der Waals surface area (Å²) in [6.07, 6.45) is 1.66. The average Bonchev–Trinajstić information content (AvgIpc) is 2.98. The van der Waals surface area contributed by atoms with Gasteiger partial charge in [-0.2, -0.15) is 0 Å². The van der Waals surface area contributed by atoms with E-state index in [2.05, 4.69) is 21.3 Å². The number of amides is 3. The van der Waals surface area contributed by atoms with E-state index in [0.29, 0.717) is 0 Å². The largest absolute Gasteiger partial charge is 0.480 e. The van der Waals surface area contributed by atoms with Crippen LogP contribution in [-0.4, -0.2) is 60.0 Å². The third-order valence-corrected chi connectivity index (χ3v) is 3.30. The first-order valence-corrected chi connectivity index (χ1v) is 7.15. The van der Waals surface area contributed by atoms with Crippen molar-refractivity contribution in [1.29, 1.82) is 0 Å². The number of carboxylic acids is 1. The molecule has 1 rings (SSSR count). The number of rotatable bonds is 7. The molecule has 0 radical (unpaired) electrons. The predicted octanol–water partition coefficient (Wildman–Crippen LogP) is -2.05. The molecule has 5 N–H and O–H groups in total. The fraction of sp³-hybridized carbons (Fsp3) is 0.692. The molecule has 0 saturated carbocycles. The van der Waals surface area contributed by atoms with Crippen molar-refractivity contribution < 1.29 is 24.3 Å². The van der Waals surface area contributed by atoms with Gasteiger partial charge in [0, 0.05) is 0 Å². The summed E-state index contributed by atoms with van der Waals surface area (Å²) in [5.74, 6) is -2.53. The normalized spacial score (nSPS) is 19.8. The van der Waals surface area contributed by atoms with Gasteiger partial charge in [-0.25, -0.2) is 0 Å². The topological polar surface area (TPSA) is 137 Å². The van der Waals surface area contributed by atoms with Crippen molar-refractivity contribution in [3.05, 3.63) is 0 Å². The number of aliphatic carboxylic acids is 1. The zero-order chi connectivity index (χ0) is 16.7. The van der Waals surface area contributed by atoms with E-state index in [4.69, 9.17) is 5.11 Å². The highest BCUT2D eigenvalue weighted by Gasteiger charge is 2.23. The Bertz CT molecular complexity index is 448. The van der Waals surface area contributed by atoms with Gasteiger partial charge in [-0.05, 0) is 33.2 Å². The molecule has 3 amide bonds. The third kappa shape index (κ3) is 5.68. The van der Waals surface area contributed by atoms with Gasteiger partial charge in [0.2, 0.25) is 17.7 Å². The van der Waals surface area contributed by atoms with Crippen molar-refractivity contribution in [2.45, 2.75) is 44.8 Å². The van der Waals surface area contributed by atoms with E-state index < -0.39 is 29.9 Å². The fourth-order valence-electron chi connectivity index (χ4n) is 1.96. The molecular formula is C13H22N4O5. The monoisotopic (exact) mass is 314 g/mol. The third-order valence-electron chi connectivity index (χ3n) is 3.30. The number of hydrogen-bond acceptors (Lipinski definition) is 5. The summed E-state index contributed by atoms with van der Waals surface area (Å²) in [7, 11) is 0. The van der Waals surface area contributed by atoms with E-state index in [1.54, 1.807) is 0 Å². The molecule has 0 spiro atoms. The van der Waals surface area contributed by atoms with Gasteiger partial charge in [0.15, 0.2) is 0 Å². The Morgan fingerprint density at radius 1 is 1.18 bits per heavy atom. The molecule has 1 aliphatic heterocycles. The summed E-state index contributed by atoms with van der Waals surface area (Å²) in [4.78, 5) is 45.6. The smallest absolute Gasteiger partial charge is 0.325 e. The van der Waals surface area contributed by atoms with Gasteiger partial charge >= 0.3 is 5.97 Å². The Hall–Kier alpha value is -2.16. The minimum atomic E-state index is -1.16. The van der Waals surface area contributed by atoms with Crippen molar-refractivity contribution >= 4 is 23.7 Å². The van der Waals surface area contributed by atoms with Gasteiger partial charge in [-0.1, -0.05) is 0 Å². The molecule has 22 heavy (non-hydrogen) atoms. The molecule has 1 saturated heterocycles. The maximum Gasteiger partial charge on any atom is 0.325 e. The van der Waals surface area contributed by atoms with Gasteiger partial charge in [0.25, 0.3) is 0 Å². The Labute approximate surface area is 128 Å². The second-order valence-electron chi connectivity index (χ2n) is 5.22. The van der Waals surface area contributed by atoms with Crippen LogP contribution in [0.15, 0.2) is 0 Å². The first kappa shape index (κ1) is 17.9. The van der Waals surface area contributed by atoms with Crippen LogP contribution in [0, 0.1) is 0 Å². The van der Waals surface area contributed by atoms with Crippen molar-refractivity contribution in [3.63, 3.8) is 0 Å².